The Bertz CT molecular complexity index is 1290. The van der Waals surface area contributed by atoms with E-state index in [1.54, 1.807) is 6.07 Å². The number of carbonyl (C=O) groups excluding carboxylic acids is 1. The number of anilines is 1. The molecule has 0 saturated carbocycles. The number of aromatic nitrogens is 1. The van der Waals surface area contributed by atoms with Crippen molar-refractivity contribution in [2.75, 3.05) is 11.1 Å². The van der Waals surface area contributed by atoms with Crippen molar-refractivity contribution in [3.05, 3.63) is 92.6 Å². The normalized spacial score (nSPS) is 10.9. The summed E-state index contributed by atoms with van der Waals surface area (Å²) < 4.78 is 0.949. The number of carbonyl (C=O) groups is 1. The van der Waals surface area contributed by atoms with E-state index >= 15 is 0 Å². The molecule has 31 heavy (non-hydrogen) atoms. The van der Waals surface area contributed by atoms with Crippen LogP contribution in [0.15, 0.2) is 87.0 Å². The molecule has 0 aliphatic carbocycles. The number of hydrogen-bond donors (Lipinski definition) is 2. The first-order valence-corrected chi connectivity index (χ1v) is 11.8. The van der Waals surface area contributed by atoms with Gasteiger partial charge >= 0.3 is 0 Å². The number of hydrogen-bond acceptors (Lipinski definition) is 3. The third-order valence-electron chi connectivity index (χ3n) is 4.70. The topological polar surface area (TPSA) is 62.0 Å². The van der Waals surface area contributed by atoms with Gasteiger partial charge in [0.15, 0.2) is 0 Å². The summed E-state index contributed by atoms with van der Waals surface area (Å²) in [6, 6.07) is 22.6. The summed E-state index contributed by atoms with van der Waals surface area (Å²) in [7, 11) is 0. The van der Waals surface area contributed by atoms with Gasteiger partial charge < -0.3 is 10.3 Å². The zero-order chi connectivity index (χ0) is 21.8. The molecule has 0 spiro atoms. The van der Waals surface area contributed by atoms with Gasteiger partial charge in [-0.05, 0) is 48.0 Å². The zero-order valence-electron chi connectivity index (χ0n) is 16.3. The molecular weight excluding hydrogens is 496 g/mol. The van der Waals surface area contributed by atoms with E-state index in [1.807, 2.05) is 66.7 Å². The van der Waals surface area contributed by atoms with Gasteiger partial charge in [0.25, 0.3) is 5.56 Å². The van der Waals surface area contributed by atoms with E-state index in [4.69, 9.17) is 11.6 Å². The van der Waals surface area contributed by atoms with E-state index in [0.717, 1.165) is 32.2 Å². The molecule has 0 unspecified atom stereocenters. The molecule has 156 valence electrons. The molecule has 4 rings (SSSR count). The lowest BCUT2D eigenvalue weighted by Gasteiger charge is -2.13. The molecule has 0 radical (unpaired) electrons. The number of benzene rings is 3. The highest BCUT2D eigenvalue weighted by Gasteiger charge is 2.16. The molecule has 4 nitrogen and oxygen atoms in total. The van der Waals surface area contributed by atoms with Crippen molar-refractivity contribution >= 4 is 61.8 Å². The summed E-state index contributed by atoms with van der Waals surface area (Å²) in [6.45, 7) is 0. The fraction of sp³-hybridized carbons (Fsp3) is 0.0833. The maximum atomic E-state index is 12.9. The number of fused-ring (bicyclic) bond motifs is 1. The summed E-state index contributed by atoms with van der Waals surface area (Å²) in [6.07, 6.45) is 0.280. The van der Waals surface area contributed by atoms with Crippen LogP contribution in [0.3, 0.4) is 0 Å². The number of rotatable bonds is 6. The molecule has 4 aromatic rings. The first-order chi connectivity index (χ1) is 15.0. The molecule has 0 bridgehead atoms. The Morgan fingerprint density at radius 2 is 1.77 bits per heavy atom. The molecule has 0 aliphatic rings. The molecule has 0 aliphatic heterocycles. The number of nitrogens with one attached hydrogen (secondary N) is 2. The molecule has 3 aromatic carbocycles. The van der Waals surface area contributed by atoms with Crippen LogP contribution in [0, 0.1) is 0 Å². The second-order valence-corrected chi connectivity index (χ2v) is 9.32. The van der Waals surface area contributed by atoms with Crippen molar-refractivity contribution in [1.29, 1.82) is 0 Å². The molecule has 1 aromatic heterocycles. The van der Waals surface area contributed by atoms with E-state index in [-0.39, 0.29) is 17.9 Å². The highest BCUT2D eigenvalue weighted by Crippen LogP contribution is 2.35. The number of aromatic amines is 1. The average Bonchev–Trinajstić information content (AvgIpc) is 2.76. The number of pyridine rings is 1. The van der Waals surface area contributed by atoms with Crippen molar-refractivity contribution < 1.29 is 4.79 Å². The Balaban J connectivity index is 1.60. The molecule has 0 saturated heterocycles. The lowest BCUT2D eigenvalue weighted by molar-refractivity contribution is -0.115. The van der Waals surface area contributed by atoms with Crippen molar-refractivity contribution in [1.82, 2.24) is 4.98 Å². The summed E-state index contributed by atoms with van der Waals surface area (Å²) in [4.78, 5) is 28.8. The van der Waals surface area contributed by atoms with Crippen LogP contribution >= 0.6 is 39.3 Å². The Hall–Kier alpha value is -2.54. The highest BCUT2D eigenvalue weighted by atomic mass is 79.9. The number of H-pyrrole nitrogens is 1. The van der Waals surface area contributed by atoms with E-state index in [0.29, 0.717) is 15.7 Å². The van der Waals surface area contributed by atoms with Gasteiger partial charge in [0, 0.05) is 43.8 Å². The highest BCUT2D eigenvalue weighted by molar-refractivity contribution is 9.10. The van der Waals surface area contributed by atoms with E-state index in [9.17, 15) is 9.59 Å². The monoisotopic (exact) mass is 512 g/mol. The SMILES string of the molecule is O=C(CCSc1c(-c2ccccc2)c2cc(Cl)ccc2[nH]c1=O)Nc1ccc(Br)cc1. The van der Waals surface area contributed by atoms with Gasteiger partial charge in [0.05, 0.1) is 4.90 Å². The van der Waals surface area contributed by atoms with Crippen molar-refractivity contribution in [3.8, 4) is 11.1 Å². The van der Waals surface area contributed by atoms with Crippen LogP contribution in [-0.2, 0) is 4.79 Å². The third kappa shape index (κ3) is 5.21. The lowest BCUT2D eigenvalue weighted by atomic mass is 10.0. The summed E-state index contributed by atoms with van der Waals surface area (Å²) in [5.74, 6) is 0.369. The van der Waals surface area contributed by atoms with Crippen molar-refractivity contribution in [2.45, 2.75) is 11.3 Å². The second-order valence-electron chi connectivity index (χ2n) is 6.87. The van der Waals surface area contributed by atoms with Crippen LogP contribution in [0.2, 0.25) is 5.02 Å². The fourth-order valence-corrected chi connectivity index (χ4v) is 4.76. The Labute approximate surface area is 197 Å². The summed E-state index contributed by atoms with van der Waals surface area (Å²) in [5.41, 5.74) is 3.06. The van der Waals surface area contributed by atoms with Gasteiger partial charge in [0.2, 0.25) is 5.91 Å². The van der Waals surface area contributed by atoms with E-state index in [1.165, 1.54) is 11.8 Å². The fourth-order valence-electron chi connectivity index (χ4n) is 3.28. The maximum Gasteiger partial charge on any atom is 0.262 e. The predicted octanol–water partition coefficient (Wildman–Crippen LogP) is 6.73. The smallest absolute Gasteiger partial charge is 0.262 e. The first-order valence-electron chi connectivity index (χ1n) is 9.60. The summed E-state index contributed by atoms with van der Waals surface area (Å²) >= 11 is 11.0. The first kappa shape index (κ1) is 21.7. The Kier molecular flexibility index (Phi) is 6.80. The van der Waals surface area contributed by atoms with Crippen LogP contribution < -0.4 is 10.9 Å². The zero-order valence-corrected chi connectivity index (χ0v) is 19.5. The maximum absolute atomic E-state index is 12.9. The largest absolute Gasteiger partial charge is 0.326 e. The minimum absolute atomic E-state index is 0.101. The third-order valence-corrected chi connectivity index (χ3v) is 6.55. The minimum Gasteiger partial charge on any atom is -0.326 e. The lowest BCUT2D eigenvalue weighted by Crippen LogP contribution is -2.14. The van der Waals surface area contributed by atoms with E-state index in [2.05, 4.69) is 26.2 Å². The summed E-state index contributed by atoms with van der Waals surface area (Å²) in [5, 5.41) is 4.35. The minimum atomic E-state index is -0.174. The number of halogens is 2. The molecule has 0 fully saturated rings. The Morgan fingerprint density at radius 1 is 1.03 bits per heavy atom. The standard InChI is InChI=1S/C24H18BrClN2O2S/c25-16-6-9-18(10-7-16)27-21(29)12-13-31-23-22(15-4-2-1-3-5-15)19-14-17(26)8-11-20(19)28-24(23)30/h1-11,14H,12-13H2,(H,27,29)(H,28,30). The number of thioether (sulfide) groups is 1. The van der Waals surface area contributed by atoms with Gasteiger partial charge in [-0.15, -0.1) is 11.8 Å². The predicted molar refractivity (Wildman–Crippen MR) is 133 cm³/mol. The molecule has 2 N–H and O–H groups in total. The van der Waals surface area contributed by atoms with Gasteiger partial charge in [-0.1, -0.05) is 57.9 Å². The van der Waals surface area contributed by atoms with E-state index < -0.39 is 0 Å². The second kappa shape index (κ2) is 9.73. The van der Waals surface area contributed by atoms with Gasteiger partial charge in [-0.25, -0.2) is 0 Å². The Morgan fingerprint density at radius 3 is 2.52 bits per heavy atom. The molecular formula is C24H18BrClN2O2S. The van der Waals surface area contributed by atoms with Gasteiger partial charge in [-0.2, -0.15) is 0 Å². The van der Waals surface area contributed by atoms with Crippen LogP contribution in [0.1, 0.15) is 6.42 Å². The molecule has 1 heterocycles. The van der Waals surface area contributed by atoms with Crippen LogP contribution in [0.4, 0.5) is 5.69 Å². The molecule has 7 heteroatoms. The average molecular weight is 514 g/mol. The van der Waals surface area contributed by atoms with Crippen molar-refractivity contribution in [2.24, 2.45) is 0 Å². The van der Waals surface area contributed by atoms with Crippen LogP contribution in [0.25, 0.3) is 22.0 Å². The van der Waals surface area contributed by atoms with Crippen LogP contribution in [-0.4, -0.2) is 16.6 Å². The van der Waals surface area contributed by atoms with Crippen LogP contribution in [0.5, 0.6) is 0 Å². The van der Waals surface area contributed by atoms with Crippen molar-refractivity contribution in [3.63, 3.8) is 0 Å². The quantitative estimate of drug-likeness (QED) is 0.281. The van der Waals surface area contributed by atoms with Gasteiger partial charge in [0.1, 0.15) is 0 Å². The number of amides is 1. The molecule has 1 amide bonds. The molecule has 0 atom stereocenters. The van der Waals surface area contributed by atoms with Gasteiger partial charge in [-0.3, -0.25) is 9.59 Å².